The minimum absolute atomic E-state index is 0.0469. The highest BCUT2D eigenvalue weighted by molar-refractivity contribution is 8.18. The maximum absolute atomic E-state index is 12.6. The predicted octanol–water partition coefficient (Wildman–Crippen LogP) is 4.66. The maximum Gasteiger partial charge on any atom is 0.339 e. The van der Waals surface area contributed by atoms with Crippen LogP contribution >= 0.6 is 11.8 Å². The molecule has 1 heterocycles. The van der Waals surface area contributed by atoms with E-state index in [0.717, 1.165) is 11.3 Å². The van der Waals surface area contributed by atoms with Gasteiger partial charge in [-0.3, -0.25) is 4.79 Å². The van der Waals surface area contributed by atoms with E-state index in [2.05, 4.69) is 10.3 Å². The Balaban J connectivity index is 1.55. The van der Waals surface area contributed by atoms with Gasteiger partial charge in [-0.1, -0.05) is 42.0 Å². The summed E-state index contributed by atoms with van der Waals surface area (Å²) in [5.74, 6) is 0.00706. The number of nitrogens with zero attached hydrogens (tertiary/aromatic N) is 1. The first kappa shape index (κ1) is 22.6. The standard InChI is InChI=1S/C24H20N2O5S2/c1-16-8-11-19(12-9-16)33(28,29)31-20-13-10-17(14-21(20)30-2)15-22-23(27)26-24(32-22)25-18-6-4-3-5-7-18/h3-15H,1-2H3,(H,25,26,27)/b22-15-. The minimum Gasteiger partial charge on any atom is -0.493 e. The van der Waals surface area contributed by atoms with Crippen LogP contribution in [0.1, 0.15) is 11.1 Å². The number of hydrogen-bond acceptors (Lipinski definition) is 7. The molecule has 1 saturated heterocycles. The number of thioether (sulfide) groups is 1. The number of benzene rings is 3. The van der Waals surface area contributed by atoms with Gasteiger partial charge in [-0.05, 0) is 66.7 Å². The van der Waals surface area contributed by atoms with Crippen molar-refractivity contribution in [3.63, 3.8) is 0 Å². The van der Waals surface area contributed by atoms with Crippen LogP contribution in [0.15, 0.2) is 87.6 Å². The van der Waals surface area contributed by atoms with Gasteiger partial charge < -0.3 is 14.2 Å². The number of hydrogen-bond donors (Lipinski definition) is 1. The van der Waals surface area contributed by atoms with Crippen LogP contribution in [-0.2, 0) is 14.9 Å². The molecule has 0 unspecified atom stereocenters. The van der Waals surface area contributed by atoms with E-state index in [4.69, 9.17) is 8.92 Å². The molecule has 33 heavy (non-hydrogen) atoms. The quantitative estimate of drug-likeness (QED) is 0.407. The number of amidine groups is 1. The number of ether oxygens (including phenoxy) is 1. The number of rotatable bonds is 6. The van der Waals surface area contributed by atoms with Crippen molar-refractivity contribution in [2.24, 2.45) is 4.99 Å². The second-order valence-electron chi connectivity index (χ2n) is 7.08. The van der Waals surface area contributed by atoms with Gasteiger partial charge in [0.1, 0.15) is 4.90 Å². The van der Waals surface area contributed by atoms with Crippen LogP contribution in [0.3, 0.4) is 0 Å². The summed E-state index contributed by atoms with van der Waals surface area (Å²) in [5, 5.41) is 3.22. The van der Waals surface area contributed by atoms with Crippen LogP contribution in [0.25, 0.3) is 6.08 Å². The normalized spacial score (nSPS) is 16.1. The fraction of sp³-hybridized carbons (Fsp3) is 0.0833. The number of amides is 1. The Labute approximate surface area is 196 Å². The molecular formula is C24H20N2O5S2. The molecule has 1 fully saturated rings. The molecule has 7 nitrogen and oxygen atoms in total. The molecule has 1 N–H and O–H groups in total. The molecular weight excluding hydrogens is 460 g/mol. The average Bonchev–Trinajstić information content (AvgIpc) is 3.14. The zero-order chi connectivity index (χ0) is 23.4. The van der Waals surface area contributed by atoms with Crippen LogP contribution < -0.4 is 14.2 Å². The third-order valence-corrected chi connectivity index (χ3v) is 6.79. The second kappa shape index (κ2) is 9.51. The van der Waals surface area contributed by atoms with Gasteiger partial charge in [-0.2, -0.15) is 8.42 Å². The van der Waals surface area contributed by atoms with Gasteiger partial charge in [0.15, 0.2) is 16.7 Å². The number of methoxy groups -OCH3 is 1. The zero-order valence-electron chi connectivity index (χ0n) is 17.8. The van der Waals surface area contributed by atoms with E-state index in [-0.39, 0.29) is 22.3 Å². The largest absolute Gasteiger partial charge is 0.493 e. The highest BCUT2D eigenvalue weighted by Gasteiger charge is 2.24. The van der Waals surface area contributed by atoms with Gasteiger partial charge in [0.2, 0.25) is 0 Å². The van der Waals surface area contributed by atoms with Gasteiger partial charge in [0.05, 0.1) is 17.7 Å². The molecule has 1 aliphatic rings. The van der Waals surface area contributed by atoms with Crippen molar-refractivity contribution >= 4 is 44.7 Å². The summed E-state index contributed by atoms with van der Waals surface area (Å²) in [6.45, 7) is 1.87. The predicted molar refractivity (Wildman–Crippen MR) is 129 cm³/mol. The molecule has 3 aromatic carbocycles. The van der Waals surface area contributed by atoms with Crippen molar-refractivity contribution in [3.05, 3.63) is 88.8 Å². The summed E-state index contributed by atoms with van der Waals surface area (Å²) in [4.78, 5) is 17.3. The van der Waals surface area contributed by atoms with E-state index in [1.807, 2.05) is 37.3 Å². The summed E-state index contributed by atoms with van der Waals surface area (Å²) < 4.78 is 35.9. The summed E-state index contributed by atoms with van der Waals surface area (Å²) in [7, 11) is -2.61. The highest BCUT2D eigenvalue weighted by atomic mass is 32.2. The summed E-state index contributed by atoms with van der Waals surface area (Å²) in [6.07, 6.45) is 1.67. The third-order valence-electron chi connectivity index (χ3n) is 4.63. The van der Waals surface area contributed by atoms with E-state index in [1.54, 1.807) is 30.3 Å². The van der Waals surface area contributed by atoms with Crippen LogP contribution in [-0.4, -0.2) is 26.6 Å². The number of carbonyl (C=O) groups is 1. The molecule has 1 aliphatic heterocycles. The van der Waals surface area contributed by atoms with Crippen molar-refractivity contribution in [2.75, 3.05) is 7.11 Å². The Bertz CT molecular complexity index is 1350. The monoisotopic (exact) mass is 480 g/mol. The second-order valence-corrected chi connectivity index (χ2v) is 9.66. The van der Waals surface area contributed by atoms with Crippen molar-refractivity contribution in [1.29, 1.82) is 0 Å². The fourth-order valence-corrected chi connectivity index (χ4v) is 4.75. The molecule has 4 rings (SSSR count). The van der Waals surface area contributed by atoms with Crippen molar-refractivity contribution in [2.45, 2.75) is 11.8 Å². The zero-order valence-corrected chi connectivity index (χ0v) is 19.4. The topological polar surface area (TPSA) is 94.1 Å². The molecule has 0 atom stereocenters. The first-order chi connectivity index (χ1) is 15.8. The summed E-state index contributed by atoms with van der Waals surface area (Å²) in [5.41, 5.74) is 2.32. The number of aryl methyl sites for hydroxylation is 1. The van der Waals surface area contributed by atoms with E-state index in [0.29, 0.717) is 15.6 Å². The van der Waals surface area contributed by atoms with Crippen molar-refractivity contribution in [3.8, 4) is 11.5 Å². The smallest absolute Gasteiger partial charge is 0.339 e. The first-order valence-corrected chi connectivity index (χ1v) is 12.1. The number of para-hydroxylation sites is 1. The lowest BCUT2D eigenvalue weighted by atomic mass is 10.2. The molecule has 1 amide bonds. The van der Waals surface area contributed by atoms with E-state index < -0.39 is 10.1 Å². The molecule has 0 aliphatic carbocycles. The Morgan fingerprint density at radius 1 is 0.970 bits per heavy atom. The van der Waals surface area contributed by atoms with Crippen LogP contribution in [0.5, 0.6) is 11.5 Å². The Hall–Kier alpha value is -3.56. The van der Waals surface area contributed by atoms with Gasteiger partial charge in [-0.15, -0.1) is 0 Å². The molecule has 0 saturated carbocycles. The minimum atomic E-state index is -4.02. The number of aliphatic imine (C=N–C) groups is 1. The van der Waals surface area contributed by atoms with E-state index in [9.17, 15) is 13.2 Å². The molecule has 0 spiro atoms. The molecule has 0 aromatic heterocycles. The fourth-order valence-electron chi connectivity index (χ4n) is 2.97. The van der Waals surface area contributed by atoms with Gasteiger partial charge >= 0.3 is 10.1 Å². The van der Waals surface area contributed by atoms with E-state index >= 15 is 0 Å². The third kappa shape index (κ3) is 5.44. The number of nitrogens with one attached hydrogen (secondary N) is 1. The lowest BCUT2D eigenvalue weighted by molar-refractivity contribution is -0.115. The van der Waals surface area contributed by atoms with E-state index in [1.165, 1.54) is 37.1 Å². The van der Waals surface area contributed by atoms with Crippen LogP contribution in [0.4, 0.5) is 5.69 Å². The summed E-state index contributed by atoms with van der Waals surface area (Å²) >= 11 is 1.22. The molecule has 0 bridgehead atoms. The van der Waals surface area contributed by atoms with Crippen LogP contribution in [0.2, 0.25) is 0 Å². The Morgan fingerprint density at radius 3 is 2.39 bits per heavy atom. The van der Waals surface area contributed by atoms with Crippen molar-refractivity contribution < 1.29 is 22.1 Å². The molecule has 168 valence electrons. The lowest BCUT2D eigenvalue weighted by Gasteiger charge is -2.11. The van der Waals surface area contributed by atoms with Gasteiger partial charge in [0, 0.05) is 0 Å². The lowest BCUT2D eigenvalue weighted by Crippen LogP contribution is -2.19. The molecule has 9 heteroatoms. The maximum atomic E-state index is 12.6. The van der Waals surface area contributed by atoms with Crippen molar-refractivity contribution in [1.82, 2.24) is 5.32 Å². The van der Waals surface area contributed by atoms with Gasteiger partial charge in [0.25, 0.3) is 5.91 Å². The van der Waals surface area contributed by atoms with Gasteiger partial charge in [-0.25, -0.2) is 4.99 Å². The molecule has 3 aromatic rings. The Morgan fingerprint density at radius 2 is 1.70 bits per heavy atom. The average molecular weight is 481 g/mol. The molecule has 0 radical (unpaired) electrons. The Kier molecular flexibility index (Phi) is 6.52. The number of carbonyl (C=O) groups excluding carboxylic acids is 1. The SMILES string of the molecule is COc1cc(/C=C2\SC(=Nc3ccccc3)NC2=O)ccc1OS(=O)(=O)c1ccc(C)cc1. The first-order valence-electron chi connectivity index (χ1n) is 9.88. The van der Waals surface area contributed by atoms with Crippen LogP contribution in [0, 0.1) is 6.92 Å². The highest BCUT2D eigenvalue weighted by Crippen LogP contribution is 2.33. The summed E-state index contributed by atoms with van der Waals surface area (Å²) in [6, 6.07) is 20.4.